The molecule has 0 aliphatic rings. The molecule has 4 heteroatoms. The molecule has 0 aliphatic carbocycles. The van der Waals surface area contributed by atoms with E-state index in [0.717, 1.165) is 23.1 Å². The van der Waals surface area contributed by atoms with Crippen LogP contribution in [0.5, 0.6) is 5.75 Å². The monoisotopic (exact) mass is 269 g/mol. The summed E-state index contributed by atoms with van der Waals surface area (Å²) in [4.78, 5) is 4.57. The molecule has 0 N–H and O–H groups in total. The van der Waals surface area contributed by atoms with Gasteiger partial charge in [-0.25, -0.2) is 0 Å². The van der Waals surface area contributed by atoms with E-state index < -0.39 is 0 Å². The standard InChI is InChI=1S/C13H13Cl2NO/c1-4-9-7(2)12(15)11-10(17-3)6-5-8(14)13(11)16-9/h5-6H,4H2,1-3H3. The Morgan fingerprint density at radius 2 is 2.00 bits per heavy atom. The smallest absolute Gasteiger partial charge is 0.129 e. The number of rotatable bonds is 2. The lowest BCUT2D eigenvalue weighted by atomic mass is 10.1. The number of methoxy groups -OCH3 is 1. The van der Waals surface area contributed by atoms with Crippen molar-refractivity contribution >= 4 is 34.1 Å². The molecule has 0 atom stereocenters. The first-order valence-corrected chi connectivity index (χ1v) is 6.16. The fourth-order valence-corrected chi connectivity index (χ4v) is 2.41. The summed E-state index contributed by atoms with van der Waals surface area (Å²) in [5, 5.41) is 2.06. The predicted octanol–water partition coefficient (Wildman–Crippen LogP) is 4.42. The van der Waals surface area contributed by atoms with Gasteiger partial charge in [-0.05, 0) is 31.0 Å². The van der Waals surface area contributed by atoms with Gasteiger partial charge in [-0.2, -0.15) is 0 Å². The Balaban J connectivity index is 2.94. The summed E-state index contributed by atoms with van der Waals surface area (Å²) in [7, 11) is 1.61. The Kier molecular flexibility index (Phi) is 3.45. The highest BCUT2D eigenvalue weighted by molar-refractivity contribution is 6.40. The Morgan fingerprint density at radius 3 is 2.59 bits per heavy atom. The van der Waals surface area contributed by atoms with E-state index in [2.05, 4.69) is 4.98 Å². The number of fused-ring (bicyclic) bond motifs is 1. The van der Waals surface area contributed by atoms with Gasteiger partial charge in [0.15, 0.2) is 0 Å². The van der Waals surface area contributed by atoms with Crippen molar-refractivity contribution in [2.75, 3.05) is 7.11 Å². The number of benzene rings is 1. The Hall–Kier alpha value is -0.990. The molecule has 0 saturated heterocycles. The molecule has 2 nitrogen and oxygen atoms in total. The van der Waals surface area contributed by atoms with Crippen molar-refractivity contribution in [3.05, 3.63) is 33.4 Å². The molecule has 17 heavy (non-hydrogen) atoms. The average Bonchev–Trinajstić information content (AvgIpc) is 2.34. The molecule has 0 fully saturated rings. The number of hydrogen-bond donors (Lipinski definition) is 0. The van der Waals surface area contributed by atoms with E-state index in [1.165, 1.54) is 0 Å². The van der Waals surface area contributed by atoms with Crippen LogP contribution in [0.2, 0.25) is 10.0 Å². The molecule has 1 heterocycles. The third-order valence-corrected chi connectivity index (χ3v) is 3.65. The summed E-state index contributed by atoms with van der Waals surface area (Å²) in [5.41, 5.74) is 2.67. The molecular formula is C13H13Cl2NO. The van der Waals surface area contributed by atoms with Crippen LogP contribution in [0.1, 0.15) is 18.2 Å². The lowest BCUT2D eigenvalue weighted by molar-refractivity contribution is 0.419. The zero-order valence-corrected chi connectivity index (χ0v) is 11.5. The van der Waals surface area contributed by atoms with Gasteiger partial charge in [-0.1, -0.05) is 30.1 Å². The minimum Gasteiger partial charge on any atom is -0.496 e. The Labute approximate surface area is 111 Å². The number of aryl methyl sites for hydroxylation is 1. The molecule has 0 bridgehead atoms. The van der Waals surface area contributed by atoms with Gasteiger partial charge in [-0.3, -0.25) is 4.98 Å². The van der Waals surface area contributed by atoms with Gasteiger partial charge in [-0.15, -0.1) is 0 Å². The molecule has 0 aliphatic heterocycles. The van der Waals surface area contributed by atoms with E-state index in [-0.39, 0.29) is 0 Å². The van der Waals surface area contributed by atoms with Gasteiger partial charge in [0, 0.05) is 5.69 Å². The first-order valence-electron chi connectivity index (χ1n) is 5.41. The maximum absolute atomic E-state index is 6.39. The molecule has 0 spiro atoms. The van der Waals surface area contributed by atoms with E-state index >= 15 is 0 Å². The molecule has 1 aromatic carbocycles. The second-order valence-corrected chi connectivity index (χ2v) is 4.61. The fourth-order valence-electron chi connectivity index (χ4n) is 1.92. The first-order chi connectivity index (χ1) is 8.10. The Bertz CT molecular complexity index is 581. The second kappa shape index (κ2) is 4.71. The van der Waals surface area contributed by atoms with Gasteiger partial charge < -0.3 is 4.74 Å². The normalized spacial score (nSPS) is 10.9. The van der Waals surface area contributed by atoms with Crippen molar-refractivity contribution in [2.45, 2.75) is 20.3 Å². The first kappa shape index (κ1) is 12.5. The van der Waals surface area contributed by atoms with Crippen LogP contribution < -0.4 is 4.74 Å². The van der Waals surface area contributed by atoms with E-state index in [1.54, 1.807) is 13.2 Å². The van der Waals surface area contributed by atoms with Gasteiger partial charge in [0.1, 0.15) is 5.75 Å². The summed E-state index contributed by atoms with van der Waals surface area (Å²) in [5.74, 6) is 0.702. The van der Waals surface area contributed by atoms with Crippen LogP contribution >= 0.6 is 23.2 Å². The lowest BCUT2D eigenvalue weighted by Gasteiger charge is -2.12. The molecule has 2 aromatic rings. The van der Waals surface area contributed by atoms with E-state index in [4.69, 9.17) is 27.9 Å². The third-order valence-electron chi connectivity index (χ3n) is 2.87. The van der Waals surface area contributed by atoms with Crippen LogP contribution in [0, 0.1) is 6.92 Å². The van der Waals surface area contributed by atoms with Gasteiger partial charge in [0.2, 0.25) is 0 Å². The molecule has 2 rings (SSSR count). The number of nitrogens with zero attached hydrogens (tertiary/aromatic N) is 1. The van der Waals surface area contributed by atoms with Gasteiger partial charge in [0.05, 0.1) is 28.1 Å². The molecule has 0 amide bonds. The number of aromatic nitrogens is 1. The van der Waals surface area contributed by atoms with Crippen molar-refractivity contribution in [3.63, 3.8) is 0 Å². The van der Waals surface area contributed by atoms with Crippen molar-refractivity contribution in [1.82, 2.24) is 4.98 Å². The fraction of sp³-hybridized carbons (Fsp3) is 0.308. The minimum atomic E-state index is 0.595. The van der Waals surface area contributed by atoms with Crippen molar-refractivity contribution in [1.29, 1.82) is 0 Å². The van der Waals surface area contributed by atoms with Crippen LogP contribution in [0.3, 0.4) is 0 Å². The number of halogens is 2. The molecular weight excluding hydrogens is 257 g/mol. The van der Waals surface area contributed by atoms with E-state index in [1.807, 2.05) is 19.9 Å². The number of pyridine rings is 1. The summed E-state index contributed by atoms with van der Waals surface area (Å²) < 4.78 is 5.31. The maximum atomic E-state index is 6.39. The topological polar surface area (TPSA) is 22.1 Å². The highest BCUT2D eigenvalue weighted by Gasteiger charge is 2.15. The number of hydrogen-bond acceptors (Lipinski definition) is 2. The van der Waals surface area contributed by atoms with E-state index in [0.29, 0.717) is 21.3 Å². The van der Waals surface area contributed by atoms with Crippen LogP contribution in [-0.2, 0) is 6.42 Å². The summed E-state index contributed by atoms with van der Waals surface area (Å²) in [6.45, 7) is 4.01. The lowest BCUT2D eigenvalue weighted by Crippen LogP contribution is -1.97. The van der Waals surface area contributed by atoms with Crippen LogP contribution in [0.4, 0.5) is 0 Å². The molecule has 1 aromatic heterocycles. The molecule has 90 valence electrons. The predicted molar refractivity (Wildman–Crippen MR) is 72.4 cm³/mol. The van der Waals surface area contributed by atoms with Crippen LogP contribution in [-0.4, -0.2) is 12.1 Å². The zero-order valence-electron chi connectivity index (χ0n) is 9.97. The average molecular weight is 270 g/mol. The van der Waals surface area contributed by atoms with Gasteiger partial charge in [0.25, 0.3) is 0 Å². The van der Waals surface area contributed by atoms with Crippen molar-refractivity contribution in [3.8, 4) is 5.75 Å². The van der Waals surface area contributed by atoms with Crippen LogP contribution in [0.25, 0.3) is 10.9 Å². The van der Waals surface area contributed by atoms with Crippen molar-refractivity contribution < 1.29 is 4.74 Å². The molecule has 0 radical (unpaired) electrons. The van der Waals surface area contributed by atoms with Gasteiger partial charge >= 0.3 is 0 Å². The number of ether oxygens (including phenoxy) is 1. The molecule has 0 unspecified atom stereocenters. The summed E-state index contributed by atoms with van der Waals surface area (Å²) in [6.07, 6.45) is 0.828. The minimum absolute atomic E-state index is 0.595. The largest absolute Gasteiger partial charge is 0.496 e. The highest BCUT2D eigenvalue weighted by Crippen LogP contribution is 2.37. The molecule has 0 saturated carbocycles. The van der Waals surface area contributed by atoms with Crippen LogP contribution in [0.15, 0.2) is 12.1 Å². The maximum Gasteiger partial charge on any atom is 0.129 e. The Morgan fingerprint density at radius 1 is 1.29 bits per heavy atom. The SMILES string of the molecule is CCc1nc2c(Cl)ccc(OC)c2c(Cl)c1C. The van der Waals surface area contributed by atoms with Crippen molar-refractivity contribution in [2.24, 2.45) is 0 Å². The summed E-state index contributed by atoms with van der Waals surface area (Å²) in [6, 6.07) is 3.59. The quantitative estimate of drug-likeness (QED) is 0.805. The second-order valence-electron chi connectivity index (χ2n) is 3.82. The highest BCUT2D eigenvalue weighted by atomic mass is 35.5. The third kappa shape index (κ3) is 1.96. The van der Waals surface area contributed by atoms with E-state index in [9.17, 15) is 0 Å². The zero-order chi connectivity index (χ0) is 12.6. The summed E-state index contributed by atoms with van der Waals surface area (Å²) >= 11 is 12.5.